The third kappa shape index (κ3) is 3.21. The van der Waals surface area contributed by atoms with E-state index in [1.807, 2.05) is 0 Å². The number of anilines is 2. The Balaban J connectivity index is 2.16. The van der Waals surface area contributed by atoms with Gasteiger partial charge in [-0.15, -0.1) is 0 Å². The van der Waals surface area contributed by atoms with E-state index in [4.69, 9.17) is 10.8 Å². The molecule has 20 heavy (non-hydrogen) atoms. The Morgan fingerprint density at radius 1 is 1.50 bits per heavy atom. The molecule has 1 aliphatic rings. The third-order valence-corrected chi connectivity index (χ3v) is 4.09. The highest BCUT2D eigenvalue weighted by atomic mass is 19.1. The van der Waals surface area contributed by atoms with E-state index >= 15 is 0 Å². The summed E-state index contributed by atoms with van der Waals surface area (Å²) in [5.74, 6) is -0.969. The van der Waals surface area contributed by atoms with Crippen LogP contribution in [0.15, 0.2) is 12.1 Å². The molecule has 0 saturated heterocycles. The van der Waals surface area contributed by atoms with Crippen LogP contribution in [0.1, 0.15) is 49.4 Å². The number of hydrogen-bond acceptors (Lipinski definition) is 3. The van der Waals surface area contributed by atoms with Gasteiger partial charge in [-0.25, -0.2) is 9.18 Å². The van der Waals surface area contributed by atoms with Crippen LogP contribution >= 0.6 is 0 Å². The minimum Gasteiger partial charge on any atom is -0.478 e. The van der Waals surface area contributed by atoms with Crippen LogP contribution in [0.25, 0.3) is 0 Å². The molecule has 2 rings (SSSR count). The number of carbonyl (C=O) groups is 1. The topological polar surface area (TPSA) is 75.3 Å². The number of nitrogen functional groups attached to an aromatic ring is 1. The highest BCUT2D eigenvalue weighted by Crippen LogP contribution is 2.30. The summed E-state index contributed by atoms with van der Waals surface area (Å²) < 4.78 is 13.9. The van der Waals surface area contributed by atoms with Gasteiger partial charge in [-0.1, -0.05) is 26.2 Å². The molecule has 1 aromatic rings. The monoisotopic (exact) mass is 280 g/mol. The standard InChI is InChI=1S/C15H21FN2O2/c1-2-9-4-3-5-10(6-9)18-14-7-11(15(19)20)13(17)8-12(14)16/h7-10,18H,2-6,17H2,1H3,(H,19,20). The smallest absolute Gasteiger partial charge is 0.337 e. The predicted molar refractivity (Wildman–Crippen MR) is 77.4 cm³/mol. The van der Waals surface area contributed by atoms with Crippen LogP contribution in [0.2, 0.25) is 0 Å². The van der Waals surface area contributed by atoms with Crippen molar-refractivity contribution in [1.29, 1.82) is 0 Å². The van der Waals surface area contributed by atoms with Gasteiger partial charge in [-0.2, -0.15) is 0 Å². The molecule has 5 heteroatoms. The van der Waals surface area contributed by atoms with Gasteiger partial charge in [-0.05, 0) is 30.9 Å². The lowest BCUT2D eigenvalue weighted by Gasteiger charge is -2.30. The zero-order valence-electron chi connectivity index (χ0n) is 11.7. The van der Waals surface area contributed by atoms with Gasteiger partial charge in [0.2, 0.25) is 0 Å². The lowest BCUT2D eigenvalue weighted by Crippen LogP contribution is -2.27. The second-order valence-corrected chi connectivity index (χ2v) is 5.51. The molecule has 110 valence electrons. The summed E-state index contributed by atoms with van der Waals surface area (Å²) in [7, 11) is 0. The lowest BCUT2D eigenvalue weighted by atomic mass is 9.84. The lowest BCUT2D eigenvalue weighted by molar-refractivity contribution is 0.0698. The number of nitrogens with two attached hydrogens (primary N) is 1. The maximum Gasteiger partial charge on any atom is 0.337 e. The van der Waals surface area contributed by atoms with Gasteiger partial charge in [0.1, 0.15) is 5.82 Å². The first kappa shape index (κ1) is 14.6. The summed E-state index contributed by atoms with van der Waals surface area (Å²) in [5.41, 5.74) is 5.65. The van der Waals surface area contributed by atoms with E-state index in [-0.39, 0.29) is 23.0 Å². The molecular formula is C15H21FN2O2. The van der Waals surface area contributed by atoms with Crippen molar-refractivity contribution >= 4 is 17.3 Å². The van der Waals surface area contributed by atoms with Crippen molar-refractivity contribution in [2.45, 2.75) is 45.1 Å². The van der Waals surface area contributed by atoms with Crippen molar-refractivity contribution in [1.82, 2.24) is 0 Å². The number of rotatable bonds is 4. The summed E-state index contributed by atoms with van der Waals surface area (Å²) in [6.45, 7) is 2.17. The Morgan fingerprint density at radius 2 is 2.25 bits per heavy atom. The van der Waals surface area contributed by atoms with Crippen LogP contribution in [-0.2, 0) is 0 Å². The summed E-state index contributed by atoms with van der Waals surface area (Å²) in [4.78, 5) is 11.0. The molecule has 0 heterocycles. The maximum atomic E-state index is 13.9. The quantitative estimate of drug-likeness (QED) is 0.738. The number of carboxylic acid groups (broad SMARTS) is 1. The fourth-order valence-electron chi connectivity index (χ4n) is 2.90. The van der Waals surface area contributed by atoms with Gasteiger partial charge in [0, 0.05) is 11.7 Å². The molecule has 0 aromatic heterocycles. The van der Waals surface area contributed by atoms with Crippen molar-refractivity contribution in [3.05, 3.63) is 23.5 Å². The van der Waals surface area contributed by atoms with E-state index in [0.717, 1.165) is 31.7 Å². The summed E-state index contributed by atoms with van der Waals surface area (Å²) in [5, 5.41) is 12.2. The van der Waals surface area contributed by atoms with Gasteiger partial charge in [0.15, 0.2) is 0 Å². The van der Waals surface area contributed by atoms with E-state index < -0.39 is 11.8 Å². The molecule has 0 bridgehead atoms. The Hall–Kier alpha value is -1.78. The van der Waals surface area contributed by atoms with Gasteiger partial charge < -0.3 is 16.2 Å². The molecule has 4 N–H and O–H groups in total. The third-order valence-electron chi connectivity index (χ3n) is 4.09. The van der Waals surface area contributed by atoms with Crippen molar-refractivity contribution in [3.63, 3.8) is 0 Å². The van der Waals surface area contributed by atoms with Crippen molar-refractivity contribution in [2.24, 2.45) is 5.92 Å². The fraction of sp³-hybridized carbons (Fsp3) is 0.533. The molecule has 1 aromatic carbocycles. The maximum absolute atomic E-state index is 13.9. The predicted octanol–water partition coefficient (Wildman–Crippen LogP) is 3.49. The number of carboxylic acids is 1. The van der Waals surface area contributed by atoms with E-state index in [9.17, 15) is 9.18 Å². The molecule has 0 aliphatic heterocycles. The molecule has 0 radical (unpaired) electrons. The zero-order chi connectivity index (χ0) is 14.7. The summed E-state index contributed by atoms with van der Waals surface area (Å²) in [6.07, 6.45) is 5.46. The largest absolute Gasteiger partial charge is 0.478 e. The Labute approximate surface area is 118 Å². The van der Waals surface area contributed by atoms with Gasteiger partial charge in [-0.3, -0.25) is 0 Å². The molecule has 0 amide bonds. The Morgan fingerprint density at radius 3 is 2.90 bits per heavy atom. The minimum atomic E-state index is -1.14. The number of nitrogens with one attached hydrogen (secondary N) is 1. The van der Waals surface area contributed by atoms with Crippen LogP contribution in [0, 0.1) is 11.7 Å². The van der Waals surface area contributed by atoms with E-state index in [1.54, 1.807) is 0 Å². The molecule has 1 aliphatic carbocycles. The second kappa shape index (κ2) is 6.11. The average Bonchev–Trinajstić information content (AvgIpc) is 2.41. The first-order valence-corrected chi connectivity index (χ1v) is 7.10. The average molecular weight is 280 g/mol. The van der Waals surface area contributed by atoms with Gasteiger partial charge in [0.25, 0.3) is 0 Å². The molecule has 0 spiro atoms. The highest BCUT2D eigenvalue weighted by molar-refractivity contribution is 5.94. The molecule has 1 fully saturated rings. The van der Waals surface area contributed by atoms with Crippen LogP contribution in [0.3, 0.4) is 0 Å². The van der Waals surface area contributed by atoms with Gasteiger partial charge >= 0.3 is 5.97 Å². The van der Waals surface area contributed by atoms with E-state index in [1.165, 1.54) is 12.5 Å². The molecule has 2 atom stereocenters. The fourth-order valence-corrected chi connectivity index (χ4v) is 2.90. The first-order chi connectivity index (χ1) is 9.51. The van der Waals surface area contributed by atoms with E-state index in [2.05, 4.69) is 12.2 Å². The van der Waals surface area contributed by atoms with Gasteiger partial charge in [0.05, 0.1) is 11.3 Å². The number of aromatic carboxylic acids is 1. The summed E-state index contributed by atoms with van der Waals surface area (Å²) >= 11 is 0. The number of benzene rings is 1. The normalized spacial score (nSPS) is 22.5. The van der Waals surface area contributed by atoms with Crippen LogP contribution < -0.4 is 11.1 Å². The molecule has 4 nitrogen and oxygen atoms in total. The molecule has 2 unspecified atom stereocenters. The second-order valence-electron chi connectivity index (χ2n) is 5.51. The van der Waals surface area contributed by atoms with E-state index in [0.29, 0.717) is 5.92 Å². The Bertz CT molecular complexity index is 505. The van der Waals surface area contributed by atoms with Crippen molar-refractivity contribution < 1.29 is 14.3 Å². The molecular weight excluding hydrogens is 259 g/mol. The van der Waals surface area contributed by atoms with Crippen LogP contribution in [-0.4, -0.2) is 17.1 Å². The minimum absolute atomic E-state index is 0.0457. The van der Waals surface area contributed by atoms with Crippen molar-refractivity contribution in [3.8, 4) is 0 Å². The first-order valence-electron chi connectivity index (χ1n) is 7.10. The summed E-state index contributed by atoms with van der Waals surface area (Å²) in [6, 6.07) is 2.57. The zero-order valence-corrected chi connectivity index (χ0v) is 11.7. The number of halogens is 1. The SMILES string of the molecule is CCC1CCCC(Nc2cc(C(=O)O)c(N)cc2F)C1. The highest BCUT2D eigenvalue weighted by Gasteiger charge is 2.22. The Kier molecular flexibility index (Phi) is 4.47. The van der Waals surface area contributed by atoms with Crippen molar-refractivity contribution in [2.75, 3.05) is 11.1 Å². The van der Waals surface area contributed by atoms with Crippen LogP contribution in [0.4, 0.5) is 15.8 Å². The molecule has 1 saturated carbocycles. The van der Waals surface area contributed by atoms with Crippen LogP contribution in [0.5, 0.6) is 0 Å². The number of hydrogen-bond donors (Lipinski definition) is 3.